The van der Waals surface area contributed by atoms with E-state index in [1.807, 2.05) is 35.9 Å². The monoisotopic (exact) mass is 340 g/mol. The lowest BCUT2D eigenvalue weighted by atomic mass is 10.2. The Balaban J connectivity index is 1.87. The molecule has 0 spiro atoms. The van der Waals surface area contributed by atoms with Gasteiger partial charge in [-0.2, -0.15) is 15.0 Å². The minimum atomic E-state index is -0.657. The van der Waals surface area contributed by atoms with Crippen molar-refractivity contribution >= 4 is 28.8 Å². The van der Waals surface area contributed by atoms with Crippen LogP contribution in [0.25, 0.3) is 10.9 Å². The molecule has 3 rings (SSSR count). The number of hydrogen-bond donors (Lipinski definition) is 1. The molecule has 0 aliphatic heterocycles. The molecule has 8 heteroatoms. The molecule has 0 fully saturated rings. The molecule has 1 unspecified atom stereocenters. The number of nitrogens with two attached hydrogens (primary N) is 1. The van der Waals surface area contributed by atoms with E-state index in [1.165, 1.54) is 0 Å². The molecule has 0 amide bonds. The van der Waals surface area contributed by atoms with Crippen molar-refractivity contribution in [3.8, 4) is 0 Å². The Morgan fingerprint density at radius 1 is 1.24 bits per heavy atom. The van der Waals surface area contributed by atoms with Gasteiger partial charge in [-0.15, -0.1) is 0 Å². The van der Waals surface area contributed by atoms with E-state index in [1.54, 1.807) is 32.1 Å². The minimum Gasteiger partial charge on any atom is -0.451 e. The number of esters is 1. The first-order chi connectivity index (χ1) is 11.9. The van der Waals surface area contributed by atoms with Gasteiger partial charge in [-0.3, -0.25) is 0 Å². The molecule has 0 saturated carbocycles. The quantitative estimate of drug-likeness (QED) is 0.724. The van der Waals surface area contributed by atoms with Gasteiger partial charge < -0.3 is 19.9 Å². The van der Waals surface area contributed by atoms with Crippen molar-refractivity contribution in [3.63, 3.8) is 0 Å². The van der Waals surface area contributed by atoms with E-state index < -0.39 is 12.1 Å². The largest absolute Gasteiger partial charge is 0.451 e. The van der Waals surface area contributed by atoms with Gasteiger partial charge in [0.15, 0.2) is 11.9 Å². The van der Waals surface area contributed by atoms with Crippen molar-refractivity contribution < 1.29 is 9.53 Å². The van der Waals surface area contributed by atoms with E-state index in [9.17, 15) is 4.79 Å². The lowest BCUT2D eigenvalue weighted by Crippen LogP contribution is -2.18. The Hall–Kier alpha value is -3.16. The van der Waals surface area contributed by atoms with Crippen LogP contribution in [0.2, 0.25) is 0 Å². The zero-order valence-corrected chi connectivity index (χ0v) is 14.6. The highest BCUT2D eigenvalue weighted by molar-refractivity contribution is 6.04. The summed E-state index contributed by atoms with van der Waals surface area (Å²) in [7, 11) is 5.48. The van der Waals surface area contributed by atoms with E-state index in [-0.39, 0.29) is 5.95 Å². The number of nitrogen functional groups attached to an aromatic ring is 1. The molecular formula is C17H20N6O2. The van der Waals surface area contributed by atoms with Gasteiger partial charge in [0.2, 0.25) is 11.9 Å². The zero-order valence-electron chi connectivity index (χ0n) is 14.6. The van der Waals surface area contributed by atoms with Crippen molar-refractivity contribution in [3.05, 3.63) is 41.9 Å². The Morgan fingerprint density at radius 3 is 2.68 bits per heavy atom. The lowest BCUT2D eigenvalue weighted by molar-refractivity contribution is 0.0322. The van der Waals surface area contributed by atoms with Gasteiger partial charge in [0.25, 0.3) is 0 Å². The van der Waals surface area contributed by atoms with E-state index in [4.69, 9.17) is 10.5 Å². The summed E-state index contributed by atoms with van der Waals surface area (Å²) in [5.41, 5.74) is 7.18. The molecule has 0 bridgehead atoms. The molecule has 2 aromatic heterocycles. The van der Waals surface area contributed by atoms with E-state index in [0.717, 1.165) is 10.9 Å². The fourth-order valence-corrected chi connectivity index (χ4v) is 2.56. The van der Waals surface area contributed by atoms with Crippen molar-refractivity contribution in [2.45, 2.75) is 13.0 Å². The van der Waals surface area contributed by atoms with Crippen LogP contribution in [0.15, 0.2) is 30.5 Å². The predicted octanol–water partition coefficient (Wildman–Crippen LogP) is 1.93. The molecule has 8 nitrogen and oxygen atoms in total. The maximum atomic E-state index is 12.6. The standard InChI is InChI=1S/C17H20N6O2/c1-10(14-19-16(18)21-17(20-14)22(2)3)25-15(24)12-9-23(4)13-8-6-5-7-11(12)13/h5-10H,1-4H3,(H2,18,19,20,21). The highest BCUT2D eigenvalue weighted by Crippen LogP contribution is 2.24. The average molecular weight is 340 g/mol. The number of rotatable bonds is 4. The van der Waals surface area contributed by atoms with Gasteiger partial charge in [0.05, 0.1) is 5.56 Å². The molecule has 1 atom stereocenters. The Kier molecular flexibility index (Phi) is 4.26. The van der Waals surface area contributed by atoms with Gasteiger partial charge in [0, 0.05) is 38.2 Å². The number of fused-ring (bicyclic) bond motifs is 1. The SMILES string of the molecule is CC(OC(=O)c1cn(C)c2ccccc12)c1nc(N)nc(N(C)C)n1. The van der Waals surface area contributed by atoms with Gasteiger partial charge in [0.1, 0.15) is 0 Å². The molecule has 0 aliphatic rings. The Labute approximate surface area is 145 Å². The molecule has 130 valence electrons. The smallest absolute Gasteiger partial charge is 0.341 e. The number of aryl methyl sites for hydroxylation is 1. The summed E-state index contributed by atoms with van der Waals surface area (Å²) in [6.07, 6.45) is 1.10. The van der Waals surface area contributed by atoms with Crippen molar-refractivity contribution in [1.29, 1.82) is 0 Å². The number of anilines is 2. The van der Waals surface area contributed by atoms with Crippen molar-refractivity contribution in [2.24, 2.45) is 7.05 Å². The van der Waals surface area contributed by atoms with Gasteiger partial charge in [-0.05, 0) is 13.0 Å². The maximum Gasteiger partial charge on any atom is 0.341 e. The fourth-order valence-electron chi connectivity index (χ4n) is 2.56. The van der Waals surface area contributed by atoms with Gasteiger partial charge in [-0.1, -0.05) is 18.2 Å². The number of para-hydroxylation sites is 1. The average Bonchev–Trinajstić information content (AvgIpc) is 2.91. The van der Waals surface area contributed by atoms with E-state index >= 15 is 0 Å². The van der Waals surface area contributed by atoms with Crippen LogP contribution >= 0.6 is 0 Å². The van der Waals surface area contributed by atoms with E-state index in [2.05, 4.69) is 15.0 Å². The van der Waals surface area contributed by atoms with Crippen molar-refractivity contribution in [1.82, 2.24) is 19.5 Å². The van der Waals surface area contributed by atoms with Crippen LogP contribution in [-0.2, 0) is 11.8 Å². The normalized spacial score (nSPS) is 12.2. The molecule has 25 heavy (non-hydrogen) atoms. The van der Waals surface area contributed by atoms with Crippen LogP contribution in [0, 0.1) is 0 Å². The number of nitrogens with zero attached hydrogens (tertiary/aromatic N) is 5. The van der Waals surface area contributed by atoms with Crippen LogP contribution in [0.3, 0.4) is 0 Å². The predicted molar refractivity (Wildman–Crippen MR) is 95.3 cm³/mol. The number of aromatic nitrogens is 4. The number of carbonyl (C=O) groups excluding carboxylic acids is 1. The third-order valence-corrected chi connectivity index (χ3v) is 3.82. The van der Waals surface area contributed by atoms with Gasteiger partial charge in [-0.25, -0.2) is 4.79 Å². The highest BCUT2D eigenvalue weighted by Gasteiger charge is 2.21. The minimum absolute atomic E-state index is 0.0850. The third-order valence-electron chi connectivity index (χ3n) is 3.82. The van der Waals surface area contributed by atoms with Crippen LogP contribution < -0.4 is 10.6 Å². The molecule has 0 saturated heterocycles. The Bertz CT molecular complexity index is 934. The summed E-state index contributed by atoms with van der Waals surface area (Å²) in [6, 6.07) is 7.66. The summed E-state index contributed by atoms with van der Waals surface area (Å²) in [4.78, 5) is 26.7. The molecular weight excluding hydrogens is 320 g/mol. The van der Waals surface area contributed by atoms with Crippen LogP contribution in [0.1, 0.15) is 29.2 Å². The third kappa shape index (κ3) is 3.23. The first kappa shape index (κ1) is 16.7. The Morgan fingerprint density at radius 2 is 1.96 bits per heavy atom. The molecule has 1 aromatic carbocycles. The number of hydrogen-bond acceptors (Lipinski definition) is 7. The lowest BCUT2D eigenvalue weighted by Gasteiger charge is -2.15. The van der Waals surface area contributed by atoms with Crippen LogP contribution in [0.5, 0.6) is 0 Å². The van der Waals surface area contributed by atoms with E-state index in [0.29, 0.717) is 17.3 Å². The van der Waals surface area contributed by atoms with Gasteiger partial charge >= 0.3 is 5.97 Å². The summed E-state index contributed by atoms with van der Waals surface area (Å²) in [5, 5.41) is 0.839. The first-order valence-electron chi connectivity index (χ1n) is 7.80. The second-order valence-corrected chi connectivity index (χ2v) is 5.96. The molecule has 3 aromatic rings. The number of benzene rings is 1. The second kappa shape index (κ2) is 6.39. The second-order valence-electron chi connectivity index (χ2n) is 5.96. The summed E-state index contributed by atoms with van der Waals surface area (Å²) >= 11 is 0. The summed E-state index contributed by atoms with van der Waals surface area (Å²) in [5.74, 6) is 0.372. The topological polar surface area (TPSA) is 99.2 Å². The fraction of sp³-hybridized carbons (Fsp3) is 0.294. The van der Waals surface area contributed by atoms with Crippen LogP contribution in [0.4, 0.5) is 11.9 Å². The number of carbonyl (C=O) groups is 1. The first-order valence-corrected chi connectivity index (χ1v) is 7.80. The molecule has 2 heterocycles. The summed E-state index contributed by atoms with van der Waals surface area (Å²) in [6.45, 7) is 1.71. The summed E-state index contributed by atoms with van der Waals surface area (Å²) < 4.78 is 7.45. The molecule has 2 N–H and O–H groups in total. The van der Waals surface area contributed by atoms with Crippen LogP contribution in [-0.4, -0.2) is 39.6 Å². The number of ether oxygens (including phenoxy) is 1. The maximum absolute atomic E-state index is 12.6. The molecule has 0 aliphatic carbocycles. The zero-order chi connectivity index (χ0) is 18.1. The highest BCUT2D eigenvalue weighted by atomic mass is 16.5. The van der Waals surface area contributed by atoms with Crippen molar-refractivity contribution in [2.75, 3.05) is 24.7 Å². The molecule has 0 radical (unpaired) electrons.